The summed E-state index contributed by atoms with van der Waals surface area (Å²) in [6, 6.07) is 7.71. The number of nitrogens with one attached hydrogen (secondary N) is 1. The molecule has 0 aliphatic heterocycles. The number of hydrogen-bond acceptors (Lipinski definition) is 5. The first-order valence-corrected chi connectivity index (χ1v) is 7.74. The van der Waals surface area contributed by atoms with Crippen LogP contribution in [0.2, 0.25) is 5.02 Å². The Hall–Kier alpha value is -1.37. The Balaban J connectivity index is 1.70. The molecule has 3 rings (SSSR count). The van der Waals surface area contributed by atoms with Crippen molar-refractivity contribution in [1.29, 1.82) is 0 Å². The van der Waals surface area contributed by atoms with Crippen molar-refractivity contribution in [2.45, 2.75) is 10.9 Å². The summed E-state index contributed by atoms with van der Waals surface area (Å²) < 4.78 is 0. The summed E-state index contributed by atoms with van der Waals surface area (Å²) in [7, 11) is 0. The zero-order valence-corrected chi connectivity index (χ0v) is 12.1. The van der Waals surface area contributed by atoms with Crippen LogP contribution in [0.3, 0.4) is 0 Å². The number of benzene rings is 1. The largest absolute Gasteiger partial charge is 0.254 e. The Morgan fingerprint density at radius 1 is 1.26 bits per heavy atom. The van der Waals surface area contributed by atoms with Gasteiger partial charge in [0.15, 0.2) is 5.16 Å². The van der Waals surface area contributed by atoms with Crippen molar-refractivity contribution in [3.63, 3.8) is 0 Å². The molecule has 19 heavy (non-hydrogen) atoms. The molecule has 1 aromatic carbocycles. The molecule has 96 valence electrons. The number of nitrogens with zero attached hydrogens (tertiary/aromatic N) is 3. The Kier molecular flexibility index (Phi) is 3.82. The van der Waals surface area contributed by atoms with Crippen molar-refractivity contribution >= 4 is 34.7 Å². The number of thioether (sulfide) groups is 1. The summed E-state index contributed by atoms with van der Waals surface area (Å²) in [5, 5.41) is 11.2. The fraction of sp³-hybridized carbons (Fsp3) is 0.0833. The summed E-state index contributed by atoms with van der Waals surface area (Å²) in [6.07, 6.45) is 1.50. The summed E-state index contributed by atoms with van der Waals surface area (Å²) in [4.78, 5) is 8.67. The van der Waals surface area contributed by atoms with Crippen molar-refractivity contribution in [3.8, 4) is 10.6 Å². The Morgan fingerprint density at radius 2 is 2.11 bits per heavy atom. The van der Waals surface area contributed by atoms with Gasteiger partial charge >= 0.3 is 0 Å². The lowest BCUT2D eigenvalue weighted by Crippen LogP contribution is -1.83. The van der Waals surface area contributed by atoms with Gasteiger partial charge in [0.05, 0.1) is 5.69 Å². The normalized spacial score (nSPS) is 10.8. The standard InChI is InChI=1S/C12H9ClN4S2/c13-9-3-1-8(2-4-9)11-16-10(5-18-11)6-19-12-14-7-15-17-12/h1-5,7H,6H2,(H,14,15,17). The molecular formula is C12H9ClN4S2. The van der Waals surface area contributed by atoms with Crippen LogP contribution in [0.1, 0.15) is 5.69 Å². The zero-order valence-electron chi connectivity index (χ0n) is 9.71. The average Bonchev–Trinajstić information content (AvgIpc) is 3.09. The van der Waals surface area contributed by atoms with E-state index in [-0.39, 0.29) is 0 Å². The van der Waals surface area contributed by atoms with Gasteiger partial charge < -0.3 is 0 Å². The minimum atomic E-state index is 0.737. The number of halogens is 1. The zero-order chi connectivity index (χ0) is 13.1. The van der Waals surface area contributed by atoms with Gasteiger partial charge in [-0.3, -0.25) is 5.10 Å². The molecule has 0 aliphatic rings. The lowest BCUT2D eigenvalue weighted by Gasteiger charge is -1.96. The fourth-order valence-electron chi connectivity index (χ4n) is 1.50. The minimum absolute atomic E-state index is 0.737. The van der Waals surface area contributed by atoms with E-state index in [1.54, 1.807) is 23.1 Å². The highest BCUT2D eigenvalue weighted by Gasteiger charge is 2.06. The van der Waals surface area contributed by atoms with Crippen molar-refractivity contribution in [3.05, 3.63) is 46.7 Å². The predicted molar refractivity (Wildman–Crippen MR) is 78.5 cm³/mol. The van der Waals surface area contributed by atoms with E-state index in [4.69, 9.17) is 11.6 Å². The second-order valence-electron chi connectivity index (χ2n) is 3.73. The highest BCUT2D eigenvalue weighted by Crippen LogP contribution is 2.27. The van der Waals surface area contributed by atoms with Gasteiger partial charge in [-0.2, -0.15) is 5.10 Å². The van der Waals surface area contributed by atoms with E-state index in [2.05, 4.69) is 25.5 Å². The molecule has 0 bridgehead atoms. The van der Waals surface area contributed by atoms with Crippen molar-refractivity contribution in [2.24, 2.45) is 0 Å². The molecule has 4 nitrogen and oxygen atoms in total. The maximum atomic E-state index is 5.87. The van der Waals surface area contributed by atoms with E-state index in [1.807, 2.05) is 24.3 Å². The summed E-state index contributed by atoms with van der Waals surface area (Å²) in [5.41, 5.74) is 2.13. The van der Waals surface area contributed by atoms with E-state index in [0.29, 0.717) is 0 Å². The number of hydrogen-bond donors (Lipinski definition) is 1. The molecule has 0 saturated heterocycles. The summed E-state index contributed by atoms with van der Waals surface area (Å²) in [5.74, 6) is 0.777. The summed E-state index contributed by atoms with van der Waals surface area (Å²) >= 11 is 9.09. The first kappa shape index (κ1) is 12.7. The van der Waals surface area contributed by atoms with E-state index in [1.165, 1.54) is 6.33 Å². The van der Waals surface area contributed by atoms with Gasteiger partial charge in [0, 0.05) is 21.7 Å². The second-order valence-corrected chi connectivity index (χ2v) is 5.99. The molecule has 0 unspecified atom stereocenters. The molecule has 7 heteroatoms. The molecule has 0 radical (unpaired) electrons. The third-order valence-electron chi connectivity index (χ3n) is 2.39. The van der Waals surface area contributed by atoms with Gasteiger partial charge in [-0.1, -0.05) is 35.5 Å². The lowest BCUT2D eigenvalue weighted by atomic mass is 10.2. The number of thiazole rings is 1. The van der Waals surface area contributed by atoms with Crippen LogP contribution in [0.4, 0.5) is 0 Å². The lowest BCUT2D eigenvalue weighted by molar-refractivity contribution is 0.972. The molecule has 0 spiro atoms. The van der Waals surface area contributed by atoms with Crippen molar-refractivity contribution in [2.75, 3.05) is 0 Å². The van der Waals surface area contributed by atoms with Gasteiger partial charge in [-0.25, -0.2) is 9.97 Å². The molecule has 0 amide bonds. The monoisotopic (exact) mass is 308 g/mol. The third-order valence-corrected chi connectivity index (χ3v) is 4.49. The first-order valence-electron chi connectivity index (χ1n) is 5.50. The third kappa shape index (κ3) is 3.15. The van der Waals surface area contributed by atoms with Crippen LogP contribution in [0.15, 0.2) is 41.1 Å². The van der Waals surface area contributed by atoms with Crippen LogP contribution < -0.4 is 0 Å². The maximum absolute atomic E-state index is 5.87. The average molecular weight is 309 g/mol. The van der Waals surface area contributed by atoms with Crippen molar-refractivity contribution in [1.82, 2.24) is 20.2 Å². The Labute approximate surface area is 123 Å². The number of aromatic nitrogens is 4. The number of rotatable bonds is 4. The van der Waals surface area contributed by atoms with E-state index < -0.39 is 0 Å². The van der Waals surface area contributed by atoms with Gasteiger partial charge in [-0.15, -0.1) is 11.3 Å². The highest BCUT2D eigenvalue weighted by atomic mass is 35.5. The molecule has 0 fully saturated rings. The van der Waals surface area contributed by atoms with Gasteiger partial charge in [0.2, 0.25) is 0 Å². The number of H-pyrrole nitrogens is 1. The van der Waals surface area contributed by atoms with Crippen LogP contribution in [-0.2, 0) is 5.75 Å². The van der Waals surface area contributed by atoms with Gasteiger partial charge in [0.1, 0.15) is 11.3 Å². The second kappa shape index (κ2) is 5.73. The van der Waals surface area contributed by atoms with E-state index in [9.17, 15) is 0 Å². The van der Waals surface area contributed by atoms with Crippen molar-refractivity contribution < 1.29 is 0 Å². The topological polar surface area (TPSA) is 54.5 Å². The number of aromatic amines is 1. The molecule has 2 heterocycles. The van der Waals surface area contributed by atoms with Gasteiger partial charge in [-0.05, 0) is 12.1 Å². The highest BCUT2D eigenvalue weighted by molar-refractivity contribution is 7.98. The molecule has 0 saturated carbocycles. The Morgan fingerprint density at radius 3 is 2.84 bits per heavy atom. The van der Waals surface area contributed by atoms with Crippen LogP contribution in [0, 0.1) is 0 Å². The predicted octanol–water partition coefficient (Wildman–Crippen LogP) is 3.87. The van der Waals surface area contributed by atoms with E-state index in [0.717, 1.165) is 32.2 Å². The quantitative estimate of drug-likeness (QED) is 0.743. The van der Waals surface area contributed by atoms with Crippen LogP contribution in [-0.4, -0.2) is 20.2 Å². The van der Waals surface area contributed by atoms with E-state index >= 15 is 0 Å². The molecule has 2 aromatic heterocycles. The maximum Gasteiger partial charge on any atom is 0.183 e. The Bertz CT molecular complexity index is 649. The molecule has 0 aliphatic carbocycles. The smallest absolute Gasteiger partial charge is 0.183 e. The van der Waals surface area contributed by atoms with Crippen LogP contribution >= 0.6 is 34.7 Å². The molecule has 1 N–H and O–H groups in total. The van der Waals surface area contributed by atoms with Crippen LogP contribution in [0.25, 0.3) is 10.6 Å². The molecular weight excluding hydrogens is 300 g/mol. The molecule has 0 atom stereocenters. The minimum Gasteiger partial charge on any atom is -0.254 e. The van der Waals surface area contributed by atoms with Crippen LogP contribution in [0.5, 0.6) is 0 Å². The fourth-order valence-corrected chi connectivity index (χ4v) is 3.23. The SMILES string of the molecule is Clc1ccc(-c2nc(CSc3ncn[nH]3)cs2)cc1. The molecule has 3 aromatic rings. The summed E-state index contributed by atoms with van der Waals surface area (Å²) in [6.45, 7) is 0. The first-order chi connectivity index (χ1) is 9.31. The van der Waals surface area contributed by atoms with Gasteiger partial charge in [0.25, 0.3) is 0 Å².